The van der Waals surface area contributed by atoms with Crippen molar-refractivity contribution in [2.24, 2.45) is 0 Å². The maximum atomic E-state index is 5.00. The second kappa shape index (κ2) is 9.94. The Kier molecular flexibility index (Phi) is 6.24. The number of imidazole rings is 1. The molecule has 4 nitrogen and oxygen atoms in total. The first-order valence-corrected chi connectivity index (χ1v) is 13.8. The minimum Gasteiger partial charge on any atom is -0.335 e. The third kappa shape index (κ3) is 3.81. The molecule has 0 unspecified atom stereocenters. The fourth-order valence-electron chi connectivity index (χ4n) is 6.63. The fraction of sp³-hybridized carbons (Fsp3) is 0.171. The number of pyridine rings is 3. The summed E-state index contributed by atoms with van der Waals surface area (Å²) < 4.78 is 2.27. The molecule has 1 aliphatic rings. The quantitative estimate of drug-likeness (QED) is 0.139. The summed E-state index contributed by atoms with van der Waals surface area (Å²) in [6.07, 6.45) is 9.54. The Bertz CT molecular complexity index is 2010. The number of para-hydroxylation sites is 2. The molecular formula is C35H26N4Pt. The van der Waals surface area contributed by atoms with Gasteiger partial charge in [-0.25, -0.2) is 4.98 Å². The van der Waals surface area contributed by atoms with Crippen LogP contribution in [0.5, 0.6) is 0 Å². The van der Waals surface area contributed by atoms with Crippen LogP contribution in [0.4, 0.5) is 0 Å². The molecule has 0 spiro atoms. The molecule has 0 bridgehead atoms. The van der Waals surface area contributed by atoms with E-state index in [4.69, 9.17) is 9.97 Å². The van der Waals surface area contributed by atoms with Gasteiger partial charge in [0, 0.05) is 23.3 Å². The van der Waals surface area contributed by atoms with Gasteiger partial charge >= 0.3 is 21.1 Å². The summed E-state index contributed by atoms with van der Waals surface area (Å²) in [6, 6.07) is 37.3. The number of benzene rings is 3. The molecule has 0 atom stereocenters. The van der Waals surface area contributed by atoms with Gasteiger partial charge in [-0.3, -0.25) is 0 Å². The molecule has 40 heavy (non-hydrogen) atoms. The van der Waals surface area contributed by atoms with Crippen LogP contribution in [0, 0.1) is 12.1 Å². The molecule has 1 fully saturated rings. The normalized spacial score (nSPS) is 15.0. The van der Waals surface area contributed by atoms with Crippen molar-refractivity contribution in [3.8, 4) is 11.3 Å². The van der Waals surface area contributed by atoms with E-state index in [2.05, 4.69) is 82.2 Å². The van der Waals surface area contributed by atoms with Crippen molar-refractivity contribution < 1.29 is 21.1 Å². The molecule has 4 aromatic heterocycles. The molecule has 196 valence electrons. The van der Waals surface area contributed by atoms with E-state index >= 15 is 0 Å². The van der Waals surface area contributed by atoms with Crippen molar-refractivity contribution in [3.63, 3.8) is 0 Å². The Morgan fingerprint density at radius 1 is 0.675 bits per heavy atom. The van der Waals surface area contributed by atoms with Crippen molar-refractivity contribution in [1.29, 1.82) is 0 Å². The Balaban J connectivity index is 0.00000264. The van der Waals surface area contributed by atoms with E-state index in [-0.39, 0.29) is 26.5 Å². The SMILES string of the molecule is [Pt+2].[c-]1c(-c2ccccn2)cccc1C1(c2[c-]c3c4ncccc4c4nc5ccccc5n4c3cc2)CCCCC1. The van der Waals surface area contributed by atoms with E-state index in [0.717, 1.165) is 62.6 Å². The largest absolute Gasteiger partial charge is 2.00 e. The number of fused-ring (bicyclic) bond motifs is 8. The molecule has 4 heterocycles. The molecular weight excluding hydrogens is 671 g/mol. The molecule has 5 heteroatoms. The van der Waals surface area contributed by atoms with Crippen LogP contribution in [-0.4, -0.2) is 19.4 Å². The summed E-state index contributed by atoms with van der Waals surface area (Å²) in [5, 5.41) is 2.10. The van der Waals surface area contributed by atoms with Crippen LogP contribution >= 0.6 is 0 Å². The van der Waals surface area contributed by atoms with Gasteiger partial charge in [0.2, 0.25) is 0 Å². The van der Waals surface area contributed by atoms with E-state index in [0.29, 0.717) is 0 Å². The summed E-state index contributed by atoms with van der Waals surface area (Å²) in [6.45, 7) is 0. The number of aromatic nitrogens is 4. The predicted molar refractivity (Wildman–Crippen MR) is 157 cm³/mol. The minimum atomic E-state index is -0.149. The van der Waals surface area contributed by atoms with Crippen molar-refractivity contribution in [2.75, 3.05) is 0 Å². The Morgan fingerprint density at radius 3 is 2.38 bits per heavy atom. The zero-order valence-corrected chi connectivity index (χ0v) is 24.2. The third-order valence-corrected chi connectivity index (χ3v) is 8.49. The molecule has 0 radical (unpaired) electrons. The fourth-order valence-corrected chi connectivity index (χ4v) is 6.63. The van der Waals surface area contributed by atoms with Crippen LogP contribution in [0.15, 0.2) is 97.3 Å². The van der Waals surface area contributed by atoms with Crippen LogP contribution in [0.3, 0.4) is 0 Å². The van der Waals surface area contributed by atoms with Crippen LogP contribution < -0.4 is 0 Å². The van der Waals surface area contributed by atoms with E-state index in [1.807, 2.05) is 36.7 Å². The maximum Gasteiger partial charge on any atom is 2.00 e. The Labute approximate surface area is 247 Å². The van der Waals surface area contributed by atoms with E-state index in [1.165, 1.54) is 30.4 Å². The average Bonchev–Trinajstić information content (AvgIpc) is 3.42. The van der Waals surface area contributed by atoms with E-state index in [1.54, 1.807) is 0 Å². The minimum absolute atomic E-state index is 0. The first kappa shape index (κ1) is 25.1. The van der Waals surface area contributed by atoms with Gasteiger partial charge in [0.05, 0.1) is 11.0 Å². The second-order valence-corrected chi connectivity index (χ2v) is 10.6. The third-order valence-electron chi connectivity index (χ3n) is 8.49. The maximum absolute atomic E-state index is 5.00. The van der Waals surface area contributed by atoms with Gasteiger partial charge in [0.25, 0.3) is 0 Å². The summed E-state index contributed by atoms with van der Waals surface area (Å²) in [4.78, 5) is 14.5. The van der Waals surface area contributed by atoms with Gasteiger partial charge in [-0.2, -0.15) is 0 Å². The zero-order chi connectivity index (χ0) is 25.8. The first-order valence-electron chi connectivity index (χ1n) is 13.8. The van der Waals surface area contributed by atoms with Gasteiger partial charge in [-0.1, -0.05) is 49.6 Å². The van der Waals surface area contributed by atoms with Crippen LogP contribution in [0.2, 0.25) is 0 Å². The first-order chi connectivity index (χ1) is 19.3. The molecule has 0 aliphatic heterocycles. The van der Waals surface area contributed by atoms with Gasteiger partial charge in [-0.15, -0.1) is 64.5 Å². The Hall–Kier alpha value is -3.88. The average molecular weight is 698 g/mol. The van der Waals surface area contributed by atoms with E-state index in [9.17, 15) is 0 Å². The molecule has 3 aromatic carbocycles. The number of hydrogen-bond acceptors (Lipinski definition) is 3. The monoisotopic (exact) mass is 697 g/mol. The second-order valence-electron chi connectivity index (χ2n) is 10.6. The molecule has 0 N–H and O–H groups in total. The topological polar surface area (TPSA) is 43.1 Å². The molecule has 8 rings (SSSR count). The molecule has 1 saturated carbocycles. The summed E-state index contributed by atoms with van der Waals surface area (Å²) in [5.41, 5.74) is 9.38. The number of hydrogen-bond donors (Lipinski definition) is 0. The molecule has 7 aromatic rings. The van der Waals surface area contributed by atoms with E-state index < -0.39 is 0 Å². The number of nitrogens with zero attached hydrogens (tertiary/aromatic N) is 4. The van der Waals surface area contributed by atoms with Crippen molar-refractivity contribution in [2.45, 2.75) is 37.5 Å². The Morgan fingerprint density at radius 2 is 1.50 bits per heavy atom. The predicted octanol–water partition coefficient (Wildman–Crippen LogP) is 8.10. The smallest absolute Gasteiger partial charge is 0.335 e. The standard InChI is InChI=1S/C35H26N4.Pt/c1-5-18-35(19-6-1,25-11-8-10-24(22-25)29-13-4-7-20-36-29)26-16-17-31-28(23-26)33-27(12-9-21-37-33)34-38-30-14-2-3-15-32(30)39(31)34;/h2-4,7-17,20-21H,1,5-6,18-19H2;/q-2;+2. The van der Waals surface area contributed by atoms with Crippen molar-refractivity contribution in [3.05, 3.63) is 121 Å². The zero-order valence-electron chi connectivity index (χ0n) is 21.9. The van der Waals surface area contributed by atoms with Gasteiger partial charge in [0.15, 0.2) is 0 Å². The molecule has 1 aliphatic carbocycles. The molecule has 0 saturated heterocycles. The van der Waals surface area contributed by atoms with Crippen LogP contribution in [-0.2, 0) is 26.5 Å². The number of rotatable bonds is 3. The summed E-state index contributed by atoms with van der Waals surface area (Å²) >= 11 is 0. The molecule has 0 amide bonds. The van der Waals surface area contributed by atoms with Gasteiger partial charge < -0.3 is 14.4 Å². The van der Waals surface area contributed by atoms with Gasteiger partial charge in [0.1, 0.15) is 5.65 Å². The van der Waals surface area contributed by atoms with Gasteiger partial charge in [-0.05, 0) is 53.7 Å². The van der Waals surface area contributed by atoms with Crippen LogP contribution in [0.1, 0.15) is 43.2 Å². The van der Waals surface area contributed by atoms with Crippen LogP contribution in [0.25, 0.3) is 49.7 Å². The summed E-state index contributed by atoms with van der Waals surface area (Å²) in [7, 11) is 0. The van der Waals surface area contributed by atoms with Crippen molar-refractivity contribution >= 4 is 38.5 Å². The van der Waals surface area contributed by atoms with Crippen molar-refractivity contribution in [1.82, 2.24) is 19.4 Å². The summed E-state index contributed by atoms with van der Waals surface area (Å²) in [5.74, 6) is 0.